The maximum Gasteiger partial charge on any atom is 0.190 e. The third-order valence-corrected chi connectivity index (χ3v) is 2.38. The summed E-state index contributed by atoms with van der Waals surface area (Å²) in [4.78, 5) is 5.95. The number of nitrogens with two attached hydrogens (primary N) is 1. The van der Waals surface area contributed by atoms with E-state index >= 15 is 0 Å². The lowest BCUT2D eigenvalue weighted by Crippen LogP contribution is -2.38. The van der Waals surface area contributed by atoms with Crippen LogP contribution in [0.4, 0.5) is 0 Å². The van der Waals surface area contributed by atoms with Gasteiger partial charge >= 0.3 is 0 Å². The van der Waals surface area contributed by atoms with Crippen LogP contribution in [0.2, 0.25) is 0 Å². The van der Waals surface area contributed by atoms with E-state index in [1.807, 2.05) is 11.9 Å². The Labute approximate surface area is 68.3 Å². The van der Waals surface area contributed by atoms with Crippen LogP contribution in [-0.2, 0) is 0 Å². The zero-order valence-corrected chi connectivity index (χ0v) is 7.38. The van der Waals surface area contributed by atoms with Crippen molar-refractivity contribution in [2.75, 3.05) is 20.6 Å². The molecule has 0 bridgehead atoms. The van der Waals surface area contributed by atoms with E-state index in [4.69, 9.17) is 5.73 Å². The molecule has 3 heteroatoms. The zero-order valence-electron chi connectivity index (χ0n) is 7.38. The van der Waals surface area contributed by atoms with E-state index in [1.165, 1.54) is 19.3 Å². The van der Waals surface area contributed by atoms with E-state index in [0.717, 1.165) is 12.5 Å². The number of hydrogen-bond acceptors (Lipinski definition) is 1. The van der Waals surface area contributed by atoms with Crippen molar-refractivity contribution in [3.63, 3.8) is 0 Å². The molecule has 11 heavy (non-hydrogen) atoms. The molecule has 1 saturated carbocycles. The number of guanidine groups is 1. The van der Waals surface area contributed by atoms with Gasteiger partial charge in [0.05, 0.1) is 0 Å². The lowest BCUT2D eigenvalue weighted by Gasteiger charge is -2.30. The van der Waals surface area contributed by atoms with Crippen LogP contribution in [-0.4, -0.2) is 31.5 Å². The largest absolute Gasteiger partial charge is 0.370 e. The Bertz CT molecular complexity index is 149. The van der Waals surface area contributed by atoms with Gasteiger partial charge in [-0.05, 0) is 18.8 Å². The molecule has 0 spiro atoms. The summed E-state index contributed by atoms with van der Waals surface area (Å²) in [5.74, 6) is 1.51. The average molecular weight is 155 g/mol. The van der Waals surface area contributed by atoms with Gasteiger partial charge in [-0.3, -0.25) is 4.99 Å². The second kappa shape index (κ2) is 3.60. The molecular weight excluding hydrogens is 138 g/mol. The minimum Gasteiger partial charge on any atom is -0.370 e. The minimum absolute atomic E-state index is 0.650. The molecule has 0 aliphatic heterocycles. The SMILES string of the molecule is CN=C(N)N(C)CC1CCC1. The second-order valence-electron chi connectivity index (χ2n) is 3.26. The molecular formula is C8H17N3. The summed E-state index contributed by atoms with van der Waals surface area (Å²) in [5, 5.41) is 0. The molecule has 0 saturated heterocycles. The number of nitrogens with zero attached hydrogens (tertiary/aromatic N) is 2. The monoisotopic (exact) mass is 155 g/mol. The molecule has 0 amide bonds. The van der Waals surface area contributed by atoms with Gasteiger partial charge in [0.25, 0.3) is 0 Å². The van der Waals surface area contributed by atoms with Crippen molar-refractivity contribution in [1.29, 1.82) is 0 Å². The third-order valence-electron chi connectivity index (χ3n) is 2.38. The summed E-state index contributed by atoms with van der Waals surface area (Å²) in [5.41, 5.74) is 5.62. The molecule has 0 aromatic rings. The van der Waals surface area contributed by atoms with Gasteiger partial charge in [0.1, 0.15) is 0 Å². The summed E-state index contributed by atoms with van der Waals surface area (Å²) >= 11 is 0. The molecule has 0 radical (unpaired) electrons. The van der Waals surface area contributed by atoms with Crippen molar-refractivity contribution < 1.29 is 0 Å². The van der Waals surface area contributed by atoms with Crippen LogP contribution in [0.25, 0.3) is 0 Å². The first-order valence-electron chi connectivity index (χ1n) is 4.17. The van der Waals surface area contributed by atoms with Crippen LogP contribution in [0, 0.1) is 5.92 Å². The van der Waals surface area contributed by atoms with Crippen LogP contribution in [0.15, 0.2) is 4.99 Å². The highest BCUT2D eigenvalue weighted by molar-refractivity contribution is 5.77. The van der Waals surface area contributed by atoms with Crippen LogP contribution in [0.5, 0.6) is 0 Å². The van der Waals surface area contributed by atoms with Crippen molar-refractivity contribution in [2.24, 2.45) is 16.6 Å². The second-order valence-corrected chi connectivity index (χ2v) is 3.26. The minimum atomic E-state index is 0.650. The quantitative estimate of drug-likeness (QED) is 0.470. The normalized spacial score (nSPS) is 19.6. The van der Waals surface area contributed by atoms with Crippen LogP contribution in [0.1, 0.15) is 19.3 Å². The molecule has 1 fully saturated rings. The van der Waals surface area contributed by atoms with E-state index in [1.54, 1.807) is 7.05 Å². The molecule has 1 aliphatic carbocycles. The third kappa shape index (κ3) is 2.10. The van der Waals surface area contributed by atoms with E-state index in [-0.39, 0.29) is 0 Å². The van der Waals surface area contributed by atoms with Gasteiger partial charge in [-0.1, -0.05) is 6.42 Å². The molecule has 0 unspecified atom stereocenters. The van der Waals surface area contributed by atoms with E-state index in [2.05, 4.69) is 4.99 Å². The van der Waals surface area contributed by atoms with Crippen LogP contribution >= 0.6 is 0 Å². The molecule has 1 rings (SSSR count). The van der Waals surface area contributed by atoms with Gasteiger partial charge in [-0.15, -0.1) is 0 Å². The lowest BCUT2D eigenvalue weighted by molar-refractivity contribution is 0.257. The first kappa shape index (κ1) is 8.37. The molecule has 0 aromatic carbocycles. The summed E-state index contributed by atoms with van der Waals surface area (Å²) < 4.78 is 0. The molecule has 0 aromatic heterocycles. The first-order valence-corrected chi connectivity index (χ1v) is 4.17. The van der Waals surface area contributed by atoms with Gasteiger partial charge in [0, 0.05) is 20.6 Å². The maximum atomic E-state index is 5.62. The summed E-state index contributed by atoms with van der Waals surface area (Å²) in [6.45, 7) is 1.07. The van der Waals surface area contributed by atoms with Gasteiger partial charge in [-0.25, -0.2) is 0 Å². The number of hydrogen-bond donors (Lipinski definition) is 1. The lowest BCUT2D eigenvalue weighted by atomic mass is 9.85. The molecule has 3 nitrogen and oxygen atoms in total. The Morgan fingerprint density at radius 2 is 2.27 bits per heavy atom. The molecule has 2 N–H and O–H groups in total. The molecule has 1 aliphatic rings. The fourth-order valence-corrected chi connectivity index (χ4v) is 1.33. The fourth-order valence-electron chi connectivity index (χ4n) is 1.33. The summed E-state index contributed by atoms with van der Waals surface area (Å²) in [6, 6.07) is 0. The van der Waals surface area contributed by atoms with E-state index in [0.29, 0.717) is 5.96 Å². The summed E-state index contributed by atoms with van der Waals surface area (Å²) in [6.07, 6.45) is 4.12. The Morgan fingerprint density at radius 3 is 2.64 bits per heavy atom. The predicted molar refractivity (Wildman–Crippen MR) is 47.5 cm³/mol. The van der Waals surface area contributed by atoms with Crippen molar-refractivity contribution in [2.45, 2.75) is 19.3 Å². The zero-order chi connectivity index (χ0) is 8.27. The van der Waals surface area contributed by atoms with Gasteiger partial charge in [-0.2, -0.15) is 0 Å². The van der Waals surface area contributed by atoms with Crippen LogP contribution < -0.4 is 5.73 Å². The maximum absolute atomic E-state index is 5.62. The van der Waals surface area contributed by atoms with Gasteiger partial charge in [0.15, 0.2) is 5.96 Å². The first-order chi connectivity index (χ1) is 5.24. The van der Waals surface area contributed by atoms with Crippen molar-refractivity contribution >= 4 is 5.96 Å². The van der Waals surface area contributed by atoms with Gasteiger partial charge < -0.3 is 10.6 Å². The Balaban J connectivity index is 2.24. The Hall–Kier alpha value is -0.730. The number of rotatable bonds is 2. The number of aliphatic imine (C=N–C) groups is 1. The predicted octanol–water partition coefficient (Wildman–Crippen LogP) is 0.663. The summed E-state index contributed by atoms with van der Waals surface area (Å²) in [7, 11) is 3.73. The highest BCUT2D eigenvalue weighted by Crippen LogP contribution is 2.26. The standard InChI is InChI=1S/C8H17N3/c1-10-8(9)11(2)6-7-4-3-5-7/h7H,3-6H2,1-2H3,(H2,9,10). The molecule has 0 atom stereocenters. The highest BCUT2D eigenvalue weighted by Gasteiger charge is 2.19. The Kier molecular flexibility index (Phi) is 2.74. The molecule has 64 valence electrons. The smallest absolute Gasteiger partial charge is 0.190 e. The average Bonchev–Trinajstić information content (AvgIpc) is 1.94. The van der Waals surface area contributed by atoms with Crippen molar-refractivity contribution in [3.8, 4) is 0 Å². The van der Waals surface area contributed by atoms with Crippen molar-refractivity contribution in [3.05, 3.63) is 0 Å². The topological polar surface area (TPSA) is 41.6 Å². The van der Waals surface area contributed by atoms with E-state index in [9.17, 15) is 0 Å². The fraction of sp³-hybridized carbons (Fsp3) is 0.875. The molecule has 0 heterocycles. The highest BCUT2D eigenvalue weighted by atomic mass is 15.2. The van der Waals surface area contributed by atoms with Crippen molar-refractivity contribution in [1.82, 2.24) is 4.90 Å². The van der Waals surface area contributed by atoms with E-state index < -0.39 is 0 Å². The van der Waals surface area contributed by atoms with Crippen LogP contribution in [0.3, 0.4) is 0 Å². The van der Waals surface area contributed by atoms with Gasteiger partial charge in [0.2, 0.25) is 0 Å². The Morgan fingerprint density at radius 1 is 1.64 bits per heavy atom.